The van der Waals surface area contributed by atoms with Gasteiger partial charge in [-0.25, -0.2) is 0 Å². The highest BCUT2D eigenvalue weighted by Crippen LogP contribution is 2.09. The lowest BCUT2D eigenvalue weighted by molar-refractivity contribution is -0.137. The monoisotopic (exact) mass is 227 g/mol. The van der Waals surface area contributed by atoms with E-state index in [1.165, 1.54) is 0 Å². The summed E-state index contributed by atoms with van der Waals surface area (Å²) < 4.78 is 0. The van der Waals surface area contributed by atoms with Gasteiger partial charge in [0.2, 0.25) is 11.8 Å². The topological polar surface area (TPSA) is 61.4 Å². The summed E-state index contributed by atoms with van der Waals surface area (Å²) in [7, 11) is 1.88. The van der Waals surface area contributed by atoms with E-state index in [4.69, 9.17) is 0 Å². The number of likely N-dealkylation sites (tertiary alicyclic amines) is 1. The number of hydrogen-bond acceptors (Lipinski definition) is 3. The normalized spacial score (nSPS) is 16.3. The van der Waals surface area contributed by atoms with Gasteiger partial charge in [0.25, 0.3) is 0 Å². The minimum absolute atomic E-state index is 0.0497. The van der Waals surface area contributed by atoms with Crippen molar-refractivity contribution in [2.75, 3.05) is 33.2 Å². The Morgan fingerprint density at radius 3 is 2.88 bits per heavy atom. The van der Waals surface area contributed by atoms with Crippen molar-refractivity contribution >= 4 is 11.8 Å². The van der Waals surface area contributed by atoms with Crippen molar-refractivity contribution in [2.24, 2.45) is 0 Å². The highest BCUT2D eigenvalue weighted by molar-refractivity contribution is 5.85. The molecule has 16 heavy (non-hydrogen) atoms. The molecule has 2 amide bonds. The van der Waals surface area contributed by atoms with Crippen molar-refractivity contribution in [2.45, 2.75) is 25.7 Å². The third-order valence-corrected chi connectivity index (χ3v) is 2.68. The van der Waals surface area contributed by atoms with E-state index >= 15 is 0 Å². The summed E-state index contributed by atoms with van der Waals surface area (Å²) in [5.74, 6) is 0.0583. The van der Waals surface area contributed by atoms with Gasteiger partial charge >= 0.3 is 0 Å². The molecule has 2 N–H and O–H groups in total. The summed E-state index contributed by atoms with van der Waals surface area (Å²) in [6.07, 6.45) is 3.47. The van der Waals surface area contributed by atoms with Crippen molar-refractivity contribution in [3.8, 4) is 0 Å². The highest BCUT2D eigenvalue weighted by Gasteiger charge is 2.19. The molecule has 0 aliphatic carbocycles. The zero-order valence-corrected chi connectivity index (χ0v) is 9.92. The first-order chi connectivity index (χ1) is 7.74. The molecule has 92 valence electrons. The first kappa shape index (κ1) is 13.0. The van der Waals surface area contributed by atoms with E-state index in [0.29, 0.717) is 13.0 Å². The van der Waals surface area contributed by atoms with Crippen molar-refractivity contribution < 1.29 is 9.59 Å². The fourth-order valence-electron chi connectivity index (χ4n) is 1.75. The van der Waals surface area contributed by atoms with Gasteiger partial charge in [-0.2, -0.15) is 0 Å². The van der Waals surface area contributed by atoms with Crippen LogP contribution in [0.3, 0.4) is 0 Å². The van der Waals surface area contributed by atoms with Crippen LogP contribution in [-0.2, 0) is 9.59 Å². The standard InChI is InChI=1S/C11H21N3O2/c1-12-6-4-7-13-10(15)9-14-8-3-2-5-11(14)16/h12H,2-9H2,1H3,(H,13,15). The molecule has 0 aromatic rings. The Labute approximate surface area is 96.6 Å². The average molecular weight is 227 g/mol. The maximum absolute atomic E-state index is 11.5. The van der Waals surface area contributed by atoms with Crippen molar-refractivity contribution in [3.05, 3.63) is 0 Å². The van der Waals surface area contributed by atoms with Gasteiger partial charge in [-0.3, -0.25) is 9.59 Å². The molecule has 0 spiro atoms. The predicted molar refractivity (Wildman–Crippen MR) is 62.0 cm³/mol. The summed E-state index contributed by atoms with van der Waals surface area (Å²) in [5.41, 5.74) is 0. The van der Waals surface area contributed by atoms with Crippen LogP contribution in [0, 0.1) is 0 Å². The summed E-state index contributed by atoms with van der Waals surface area (Å²) in [4.78, 5) is 24.6. The average Bonchev–Trinajstić information content (AvgIpc) is 2.28. The van der Waals surface area contributed by atoms with E-state index in [-0.39, 0.29) is 18.4 Å². The van der Waals surface area contributed by atoms with Crippen LogP contribution in [0.2, 0.25) is 0 Å². The minimum Gasteiger partial charge on any atom is -0.355 e. The fourth-order valence-corrected chi connectivity index (χ4v) is 1.75. The number of piperidine rings is 1. The molecule has 5 heteroatoms. The second kappa shape index (κ2) is 7.22. The van der Waals surface area contributed by atoms with Crippen molar-refractivity contribution in [1.29, 1.82) is 0 Å². The van der Waals surface area contributed by atoms with Crippen LogP contribution in [0.1, 0.15) is 25.7 Å². The number of carbonyl (C=O) groups excluding carboxylic acids is 2. The molecule has 1 rings (SSSR count). The molecule has 0 unspecified atom stereocenters. The smallest absolute Gasteiger partial charge is 0.239 e. The molecule has 1 fully saturated rings. The summed E-state index contributed by atoms with van der Waals surface area (Å²) in [6.45, 7) is 2.51. The van der Waals surface area contributed by atoms with Crippen molar-refractivity contribution in [1.82, 2.24) is 15.5 Å². The lowest BCUT2D eigenvalue weighted by Crippen LogP contribution is -2.43. The van der Waals surface area contributed by atoms with E-state index in [1.807, 2.05) is 7.05 Å². The third kappa shape index (κ3) is 4.61. The molecule has 0 aromatic heterocycles. The van der Waals surface area contributed by atoms with Crippen LogP contribution in [0.25, 0.3) is 0 Å². The first-order valence-corrected chi connectivity index (χ1v) is 5.93. The summed E-state index contributed by atoms with van der Waals surface area (Å²) in [6, 6.07) is 0. The van der Waals surface area contributed by atoms with Gasteiger partial charge in [-0.15, -0.1) is 0 Å². The van der Waals surface area contributed by atoms with Crippen LogP contribution < -0.4 is 10.6 Å². The van der Waals surface area contributed by atoms with Crippen LogP contribution in [0.15, 0.2) is 0 Å². The summed E-state index contributed by atoms with van der Waals surface area (Å²) in [5, 5.41) is 5.83. The number of amides is 2. The van der Waals surface area contributed by atoms with Gasteiger partial charge < -0.3 is 15.5 Å². The van der Waals surface area contributed by atoms with E-state index < -0.39 is 0 Å². The highest BCUT2D eigenvalue weighted by atomic mass is 16.2. The van der Waals surface area contributed by atoms with Gasteiger partial charge in [0, 0.05) is 19.5 Å². The van der Waals surface area contributed by atoms with Gasteiger partial charge in [0.05, 0.1) is 6.54 Å². The number of rotatable bonds is 6. The lowest BCUT2D eigenvalue weighted by Gasteiger charge is -2.25. The molecular weight excluding hydrogens is 206 g/mol. The second-order valence-electron chi connectivity index (χ2n) is 4.08. The maximum Gasteiger partial charge on any atom is 0.239 e. The molecule has 1 aliphatic heterocycles. The quantitative estimate of drug-likeness (QED) is 0.614. The first-order valence-electron chi connectivity index (χ1n) is 5.93. The SMILES string of the molecule is CNCCCNC(=O)CN1CCCCC1=O. The van der Waals surface area contributed by atoms with Gasteiger partial charge in [-0.1, -0.05) is 0 Å². The molecular formula is C11H21N3O2. The molecule has 1 saturated heterocycles. The van der Waals surface area contributed by atoms with Crippen molar-refractivity contribution in [3.63, 3.8) is 0 Å². The van der Waals surface area contributed by atoms with E-state index in [0.717, 1.165) is 32.4 Å². The Morgan fingerprint density at radius 2 is 2.19 bits per heavy atom. The molecule has 5 nitrogen and oxygen atoms in total. The molecule has 1 heterocycles. The number of nitrogens with zero attached hydrogens (tertiary/aromatic N) is 1. The largest absolute Gasteiger partial charge is 0.355 e. The summed E-state index contributed by atoms with van der Waals surface area (Å²) >= 11 is 0. The zero-order valence-electron chi connectivity index (χ0n) is 9.92. The van der Waals surface area contributed by atoms with Crippen LogP contribution in [-0.4, -0.2) is 49.9 Å². The Kier molecular flexibility index (Phi) is 5.85. The maximum atomic E-state index is 11.5. The van der Waals surface area contributed by atoms with Gasteiger partial charge in [-0.05, 0) is 32.9 Å². The Hall–Kier alpha value is -1.10. The van der Waals surface area contributed by atoms with Crippen LogP contribution >= 0.6 is 0 Å². The molecule has 0 aromatic carbocycles. The van der Waals surface area contributed by atoms with Gasteiger partial charge in [0.15, 0.2) is 0 Å². The van der Waals surface area contributed by atoms with Crippen LogP contribution in [0.5, 0.6) is 0 Å². The van der Waals surface area contributed by atoms with Crippen LogP contribution in [0.4, 0.5) is 0 Å². The fraction of sp³-hybridized carbons (Fsp3) is 0.818. The lowest BCUT2D eigenvalue weighted by atomic mass is 10.1. The number of nitrogens with one attached hydrogen (secondary N) is 2. The van der Waals surface area contributed by atoms with E-state index in [1.54, 1.807) is 4.90 Å². The molecule has 0 saturated carbocycles. The Balaban J connectivity index is 2.15. The Morgan fingerprint density at radius 1 is 1.38 bits per heavy atom. The third-order valence-electron chi connectivity index (χ3n) is 2.68. The molecule has 1 aliphatic rings. The number of carbonyl (C=O) groups is 2. The van der Waals surface area contributed by atoms with E-state index in [9.17, 15) is 9.59 Å². The second-order valence-corrected chi connectivity index (χ2v) is 4.08. The zero-order chi connectivity index (χ0) is 11.8. The molecule has 0 atom stereocenters. The Bertz CT molecular complexity index is 243. The van der Waals surface area contributed by atoms with Gasteiger partial charge in [0.1, 0.15) is 0 Å². The van der Waals surface area contributed by atoms with E-state index in [2.05, 4.69) is 10.6 Å². The number of hydrogen-bond donors (Lipinski definition) is 2. The minimum atomic E-state index is -0.0497. The predicted octanol–water partition coefficient (Wildman–Crippen LogP) is -0.275. The molecule has 0 bridgehead atoms. The molecule has 0 radical (unpaired) electrons.